The van der Waals surface area contributed by atoms with Crippen LogP contribution in [-0.4, -0.2) is 51.1 Å². The quantitative estimate of drug-likeness (QED) is 0.0788. The number of alkyl halides is 1. The molecule has 192 valence electrons. The molecule has 1 unspecified atom stereocenters. The van der Waals surface area contributed by atoms with Crippen molar-refractivity contribution in [2.45, 2.75) is 115 Å². The van der Waals surface area contributed by atoms with E-state index in [9.17, 15) is 4.57 Å². The highest BCUT2D eigenvalue weighted by Gasteiger charge is 2.32. The highest BCUT2D eigenvalue weighted by Crippen LogP contribution is 2.48. The molecule has 0 aromatic carbocycles. The maximum Gasteiger partial charge on any atom is 0.474 e. The van der Waals surface area contributed by atoms with Crippen LogP contribution in [0.5, 0.6) is 0 Å². The molecule has 1 saturated heterocycles. The molecule has 32 heavy (non-hydrogen) atoms. The molecule has 0 aromatic heterocycles. The van der Waals surface area contributed by atoms with Gasteiger partial charge in [0.05, 0.1) is 32.5 Å². The number of hydrogen-bond acceptors (Lipinski definition) is 6. The van der Waals surface area contributed by atoms with Gasteiger partial charge in [-0.2, -0.15) is 0 Å². The fraction of sp³-hybridized carbons (Fsp3) is 1.00. The fourth-order valence-corrected chi connectivity index (χ4v) is 5.37. The average molecular weight is 544 g/mol. The van der Waals surface area contributed by atoms with E-state index in [2.05, 4.69) is 22.9 Å². The standard InChI is InChI=1S/C24H48BrO6P/c1-3-4-5-6-7-8-9-10-11-12-13-14-15-16-17-23-24(29-21-20-28-23)22-31-32(26,27-2)30-19-18-25/h23-24H,3-22H2,1-2H3/t23-,24-,32?/m0/s1. The Morgan fingerprint density at radius 1 is 0.781 bits per heavy atom. The molecule has 6 nitrogen and oxygen atoms in total. The molecule has 0 aliphatic carbocycles. The van der Waals surface area contributed by atoms with Crippen LogP contribution < -0.4 is 0 Å². The number of phosphoric acid groups is 1. The second-order valence-corrected chi connectivity index (χ2v) is 11.2. The summed E-state index contributed by atoms with van der Waals surface area (Å²) in [5, 5.41) is 0.564. The second-order valence-electron chi connectivity index (χ2n) is 8.65. The van der Waals surface area contributed by atoms with Crippen LogP contribution in [0.25, 0.3) is 0 Å². The third-order valence-electron chi connectivity index (χ3n) is 5.95. The molecule has 0 saturated carbocycles. The zero-order valence-electron chi connectivity index (χ0n) is 20.6. The Kier molecular flexibility index (Phi) is 19.9. The van der Waals surface area contributed by atoms with Crippen LogP contribution in [0.2, 0.25) is 0 Å². The highest BCUT2D eigenvalue weighted by molar-refractivity contribution is 9.09. The van der Waals surface area contributed by atoms with Crippen molar-refractivity contribution in [2.24, 2.45) is 0 Å². The number of unbranched alkanes of at least 4 members (excludes halogenated alkanes) is 13. The first-order valence-corrected chi connectivity index (χ1v) is 15.5. The van der Waals surface area contributed by atoms with Crippen molar-refractivity contribution in [3.63, 3.8) is 0 Å². The van der Waals surface area contributed by atoms with E-state index in [0.29, 0.717) is 18.5 Å². The minimum atomic E-state index is -3.54. The normalized spacial score (nSPS) is 21.0. The Morgan fingerprint density at radius 3 is 1.78 bits per heavy atom. The van der Waals surface area contributed by atoms with Crippen LogP contribution in [0, 0.1) is 0 Å². The van der Waals surface area contributed by atoms with Crippen LogP contribution >= 0.6 is 23.8 Å². The van der Waals surface area contributed by atoms with E-state index in [1.165, 1.54) is 90.6 Å². The summed E-state index contributed by atoms with van der Waals surface area (Å²) in [6.45, 7) is 3.81. The van der Waals surface area contributed by atoms with Crippen molar-refractivity contribution in [3.8, 4) is 0 Å². The van der Waals surface area contributed by atoms with Gasteiger partial charge >= 0.3 is 7.82 Å². The lowest BCUT2D eigenvalue weighted by Crippen LogP contribution is -2.41. The molecule has 0 radical (unpaired) electrons. The highest BCUT2D eigenvalue weighted by atomic mass is 79.9. The van der Waals surface area contributed by atoms with Gasteiger partial charge in [-0.25, -0.2) is 4.57 Å². The first kappa shape index (κ1) is 30.5. The molecular formula is C24H48BrO6P. The van der Waals surface area contributed by atoms with Crippen LogP contribution in [0.1, 0.15) is 103 Å². The van der Waals surface area contributed by atoms with Gasteiger partial charge in [-0.15, -0.1) is 0 Å². The molecule has 0 amide bonds. The molecule has 1 rings (SSSR count). The van der Waals surface area contributed by atoms with Crippen molar-refractivity contribution >= 4 is 23.8 Å². The van der Waals surface area contributed by atoms with Gasteiger partial charge < -0.3 is 9.47 Å². The molecular weight excluding hydrogens is 495 g/mol. The van der Waals surface area contributed by atoms with Crippen molar-refractivity contribution in [3.05, 3.63) is 0 Å². The number of hydrogen-bond donors (Lipinski definition) is 0. The number of rotatable bonds is 22. The number of phosphoric ester groups is 1. The largest absolute Gasteiger partial charge is 0.474 e. The Hall–Kier alpha value is 0.510. The summed E-state index contributed by atoms with van der Waals surface area (Å²) in [6.07, 6.45) is 19.6. The van der Waals surface area contributed by atoms with Gasteiger partial charge in [0.15, 0.2) is 0 Å². The third-order valence-corrected chi connectivity index (χ3v) is 7.69. The number of ether oxygens (including phenoxy) is 2. The molecule has 0 aromatic rings. The Bertz CT molecular complexity index is 468. The van der Waals surface area contributed by atoms with E-state index in [1.807, 2.05) is 0 Å². The molecule has 8 heteroatoms. The molecule has 1 aliphatic rings. The van der Waals surface area contributed by atoms with Crippen molar-refractivity contribution < 1.29 is 27.6 Å². The SMILES string of the molecule is CCCCCCCCCCCCCCCC[C@@H]1OCCO[C@H]1COP(=O)(OC)OCCBr. The summed E-state index contributed by atoms with van der Waals surface area (Å²) in [5.74, 6) is 0. The zero-order chi connectivity index (χ0) is 23.3. The maximum absolute atomic E-state index is 12.4. The minimum absolute atomic E-state index is 0.0254. The van der Waals surface area contributed by atoms with Gasteiger partial charge in [0, 0.05) is 12.4 Å². The molecule has 1 heterocycles. The molecule has 0 N–H and O–H groups in total. The Labute approximate surface area is 205 Å². The van der Waals surface area contributed by atoms with E-state index >= 15 is 0 Å². The predicted molar refractivity (Wildman–Crippen MR) is 135 cm³/mol. The van der Waals surface area contributed by atoms with E-state index < -0.39 is 7.82 Å². The van der Waals surface area contributed by atoms with Crippen LogP contribution in [0.15, 0.2) is 0 Å². The monoisotopic (exact) mass is 542 g/mol. The van der Waals surface area contributed by atoms with Gasteiger partial charge in [0.1, 0.15) is 6.10 Å². The minimum Gasteiger partial charge on any atom is -0.373 e. The van der Waals surface area contributed by atoms with Gasteiger partial charge in [-0.05, 0) is 6.42 Å². The average Bonchev–Trinajstić information content (AvgIpc) is 2.82. The van der Waals surface area contributed by atoms with Gasteiger partial charge in [-0.1, -0.05) is 113 Å². The first-order valence-electron chi connectivity index (χ1n) is 12.9. The summed E-state index contributed by atoms with van der Waals surface area (Å²) in [5.41, 5.74) is 0. The molecule has 1 aliphatic heterocycles. The summed E-state index contributed by atoms with van der Waals surface area (Å²) < 4.78 is 39.7. The summed E-state index contributed by atoms with van der Waals surface area (Å²) >= 11 is 3.24. The van der Waals surface area contributed by atoms with Crippen molar-refractivity contribution in [2.75, 3.05) is 38.9 Å². The lowest BCUT2D eigenvalue weighted by Gasteiger charge is -2.32. The molecule has 0 spiro atoms. The van der Waals surface area contributed by atoms with Gasteiger partial charge in [0.2, 0.25) is 0 Å². The first-order chi connectivity index (χ1) is 15.6. The van der Waals surface area contributed by atoms with Crippen LogP contribution in [-0.2, 0) is 27.6 Å². The fourth-order valence-electron chi connectivity index (χ4n) is 4.03. The predicted octanol–water partition coefficient (Wildman–Crippen LogP) is 7.82. The van der Waals surface area contributed by atoms with Crippen LogP contribution in [0.3, 0.4) is 0 Å². The topological polar surface area (TPSA) is 63.2 Å². The lowest BCUT2D eigenvalue weighted by atomic mass is 10.0. The van der Waals surface area contributed by atoms with Crippen molar-refractivity contribution in [1.29, 1.82) is 0 Å². The summed E-state index contributed by atoms with van der Waals surface area (Å²) in [6, 6.07) is 0. The maximum atomic E-state index is 12.4. The van der Waals surface area contributed by atoms with E-state index in [1.54, 1.807) is 0 Å². The lowest BCUT2D eigenvalue weighted by molar-refractivity contribution is -0.154. The van der Waals surface area contributed by atoms with Gasteiger partial charge in [-0.3, -0.25) is 13.6 Å². The Morgan fingerprint density at radius 2 is 1.28 bits per heavy atom. The number of halogens is 1. The molecule has 1 fully saturated rings. The van der Waals surface area contributed by atoms with E-state index in [4.69, 9.17) is 23.0 Å². The van der Waals surface area contributed by atoms with Crippen molar-refractivity contribution in [1.82, 2.24) is 0 Å². The van der Waals surface area contributed by atoms with E-state index in [-0.39, 0.29) is 25.4 Å². The summed E-state index contributed by atoms with van der Waals surface area (Å²) in [4.78, 5) is 0. The van der Waals surface area contributed by atoms with E-state index in [0.717, 1.165) is 12.8 Å². The summed E-state index contributed by atoms with van der Waals surface area (Å²) in [7, 11) is -2.20. The second kappa shape index (κ2) is 20.8. The molecule has 0 bridgehead atoms. The van der Waals surface area contributed by atoms with Crippen LogP contribution in [0.4, 0.5) is 0 Å². The van der Waals surface area contributed by atoms with Gasteiger partial charge in [0.25, 0.3) is 0 Å². The Balaban J connectivity index is 2.05. The zero-order valence-corrected chi connectivity index (χ0v) is 23.1. The smallest absolute Gasteiger partial charge is 0.373 e. The third kappa shape index (κ3) is 15.4. The molecule has 3 atom stereocenters.